The summed E-state index contributed by atoms with van der Waals surface area (Å²) >= 11 is 0. The largest absolute Gasteiger partial charge is 0.497 e. The summed E-state index contributed by atoms with van der Waals surface area (Å²) in [5.41, 5.74) is 0.280. The third kappa shape index (κ3) is 4.37. The molecule has 2 aromatic rings. The average molecular weight is 430 g/mol. The van der Waals surface area contributed by atoms with E-state index in [2.05, 4.69) is 5.32 Å². The Morgan fingerprint density at radius 1 is 1.23 bits per heavy atom. The molecular formula is C23H27FN2O5. The number of β-amino-alcohol motifs (C(OH)–C–C–N with tert-alkyl or cyclic N) is 1. The van der Waals surface area contributed by atoms with Gasteiger partial charge in [-0.15, -0.1) is 0 Å². The van der Waals surface area contributed by atoms with Crippen LogP contribution in [0.5, 0.6) is 11.5 Å². The zero-order valence-corrected chi connectivity index (χ0v) is 17.4. The molecule has 2 aliphatic heterocycles. The van der Waals surface area contributed by atoms with E-state index in [1.807, 2.05) is 12.1 Å². The van der Waals surface area contributed by atoms with Crippen molar-refractivity contribution in [2.45, 2.75) is 37.5 Å². The predicted octanol–water partition coefficient (Wildman–Crippen LogP) is 1.78. The molecule has 4 rings (SSSR count). The minimum absolute atomic E-state index is 0.111. The van der Waals surface area contributed by atoms with Gasteiger partial charge < -0.3 is 29.9 Å². The first-order valence-electron chi connectivity index (χ1n) is 10.4. The second-order valence-electron chi connectivity index (χ2n) is 8.06. The summed E-state index contributed by atoms with van der Waals surface area (Å²) in [6.45, 7) is 0.971. The van der Waals surface area contributed by atoms with Crippen LogP contribution in [0.25, 0.3) is 0 Å². The quantitative estimate of drug-likeness (QED) is 0.647. The number of nitrogens with zero attached hydrogens (tertiary/aromatic N) is 1. The number of aliphatic hydroxyl groups is 2. The third-order valence-corrected chi connectivity index (χ3v) is 6.02. The number of methoxy groups -OCH3 is 1. The Morgan fingerprint density at radius 3 is 2.71 bits per heavy atom. The highest BCUT2D eigenvalue weighted by molar-refractivity contribution is 5.97. The normalized spacial score (nSPS) is 23.4. The van der Waals surface area contributed by atoms with Crippen molar-refractivity contribution in [3.63, 3.8) is 0 Å². The lowest BCUT2D eigenvalue weighted by Crippen LogP contribution is -2.57. The van der Waals surface area contributed by atoms with Gasteiger partial charge in [0.2, 0.25) is 5.91 Å². The molecule has 2 unspecified atom stereocenters. The van der Waals surface area contributed by atoms with Crippen LogP contribution in [0.4, 0.5) is 10.1 Å². The molecule has 2 aliphatic rings. The lowest BCUT2D eigenvalue weighted by molar-refractivity contribution is -0.119. The van der Waals surface area contributed by atoms with Crippen LogP contribution in [0.15, 0.2) is 36.4 Å². The molecule has 0 spiro atoms. The van der Waals surface area contributed by atoms with Crippen molar-refractivity contribution < 1.29 is 28.9 Å². The van der Waals surface area contributed by atoms with Gasteiger partial charge in [0.25, 0.3) is 0 Å². The van der Waals surface area contributed by atoms with Crippen LogP contribution in [0.3, 0.4) is 0 Å². The first-order chi connectivity index (χ1) is 14.9. The smallest absolute Gasteiger partial charge is 0.227 e. The summed E-state index contributed by atoms with van der Waals surface area (Å²) in [4.78, 5) is 14.1. The fourth-order valence-electron chi connectivity index (χ4n) is 4.10. The monoisotopic (exact) mass is 430 g/mol. The van der Waals surface area contributed by atoms with Crippen molar-refractivity contribution >= 4 is 11.6 Å². The maximum Gasteiger partial charge on any atom is 0.227 e. The van der Waals surface area contributed by atoms with Crippen molar-refractivity contribution in [3.8, 4) is 11.5 Å². The summed E-state index contributed by atoms with van der Waals surface area (Å²) in [5, 5.41) is 23.9. The number of aliphatic hydroxyl groups excluding tert-OH is 1. The Hall–Kier alpha value is -2.68. The molecule has 2 heterocycles. The second kappa shape index (κ2) is 8.82. The minimum Gasteiger partial charge on any atom is -0.497 e. The number of hydrogen-bond donors (Lipinski definition) is 3. The summed E-state index contributed by atoms with van der Waals surface area (Å²) in [6, 6.07) is 10.1. The molecule has 8 heteroatoms. The van der Waals surface area contributed by atoms with E-state index in [1.54, 1.807) is 19.2 Å². The van der Waals surface area contributed by atoms with Gasteiger partial charge >= 0.3 is 0 Å². The van der Waals surface area contributed by atoms with Crippen LogP contribution in [-0.4, -0.2) is 54.6 Å². The number of halogens is 1. The zero-order chi connectivity index (χ0) is 22.0. The van der Waals surface area contributed by atoms with Crippen LogP contribution in [0, 0.1) is 5.82 Å². The van der Waals surface area contributed by atoms with Crippen LogP contribution < -0.4 is 19.7 Å². The SMILES string of the molecule is COc1ccc(CN2C(=O)CCc3c(OCC4(O)CCNCC4O)ccc(F)c32)cc1. The van der Waals surface area contributed by atoms with Crippen LogP contribution in [-0.2, 0) is 17.8 Å². The Bertz CT molecular complexity index is 952. The molecule has 7 nitrogen and oxygen atoms in total. The molecule has 1 saturated heterocycles. The van der Waals surface area contributed by atoms with Crippen molar-refractivity contribution in [1.29, 1.82) is 0 Å². The molecule has 0 bridgehead atoms. The summed E-state index contributed by atoms with van der Waals surface area (Å²) in [5.74, 6) is 0.466. The number of piperidine rings is 1. The van der Waals surface area contributed by atoms with Gasteiger partial charge in [-0.25, -0.2) is 4.39 Å². The molecule has 3 N–H and O–H groups in total. The number of carbonyl (C=O) groups is 1. The number of carbonyl (C=O) groups excluding carboxylic acids is 1. The van der Waals surface area contributed by atoms with Gasteiger partial charge in [-0.2, -0.15) is 0 Å². The summed E-state index contributed by atoms with van der Waals surface area (Å²) < 4.78 is 25.9. The molecule has 2 atom stereocenters. The highest BCUT2D eigenvalue weighted by atomic mass is 19.1. The predicted molar refractivity (Wildman–Crippen MR) is 113 cm³/mol. The fraction of sp³-hybridized carbons (Fsp3) is 0.435. The number of ether oxygens (including phenoxy) is 2. The molecule has 0 aliphatic carbocycles. The topological polar surface area (TPSA) is 91.3 Å². The molecular weight excluding hydrogens is 403 g/mol. The van der Waals surface area contributed by atoms with Gasteiger partial charge in [0, 0.05) is 18.5 Å². The Morgan fingerprint density at radius 2 is 2.00 bits per heavy atom. The number of fused-ring (bicyclic) bond motifs is 1. The molecule has 0 aromatic heterocycles. The maximum atomic E-state index is 14.9. The number of benzene rings is 2. The molecule has 166 valence electrons. The standard InChI is InChI=1S/C23H27FN2O5/c1-30-16-4-2-15(3-5-16)13-26-21(28)9-6-17-19(8-7-18(24)22(17)26)31-14-23(29)10-11-25-12-20(23)27/h2-5,7-8,20,25,27,29H,6,9-14H2,1H3. The number of nitrogens with one attached hydrogen (secondary N) is 1. The van der Waals surface area contributed by atoms with Gasteiger partial charge in [-0.3, -0.25) is 4.79 Å². The Labute approximate surface area is 180 Å². The van der Waals surface area contributed by atoms with E-state index in [9.17, 15) is 19.4 Å². The minimum atomic E-state index is -1.38. The Kier molecular flexibility index (Phi) is 6.13. The van der Waals surface area contributed by atoms with Crippen LogP contribution in [0.1, 0.15) is 24.0 Å². The molecule has 1 fully saturated rings. The average Bonchev–Trinajstić information content (AvgIpc) is 2.78. The molecule has 1 amide bonds. The molecule has 2 aromatic carbocycles. The lowest BCUT2D eigenvalue weighted by Gasteiger charge is -2.37. The third-order valence-electron chi connectivity index (χ3n) is 6.02. The van der Waals surface area contributed by atoms with E-state index >= 15 is 0 Å². The van der Waals surface area contributed by atoms with E-state index in [-0.39, 0.29) is 37.7 Å². The van der Waals surface area contributed by atoms with E-state index < -0.39 is 17.5 Å². The van der Waals surface area contributed by atoms with E-state index in [0.717, 1.165) is 5.56 Å². The molecule has 0 saturated carbocycles. The molecule has 0 radical (unpaired) electrons. The summed E-state index contributed by atoms with van der Waals surface area (Å²) in [7, 11) is 1.58. The van der Waals surface area contributed by atoms with Crippen molar-refractivity contribution in [3.05, 3.63) is 53.3 Å². The highest BCUT2D eigenvalue weighted by Crippen LogP contribution is 2.38. The van der Waals surface area contributed by atoms with Gasteiger partial charge in [-0.1, -0.05) is 12.1 Å². The van der Waals surface area contributed by atoms with Crippen LogP contribution >= 0.6 is 0 Å². The van der Waals surface area contributed by atoms with Gasteiger partial charge in [-0.05, 0) is 49.2 Å². The number of rotatable bonds is 6. The van der Waals surface area contributed by atoms with Gasteiger partial charge in [0.15, 0.2) is 0 Å². The highest BCUT2D eigenvalue weighted by Gasteiger charge is 2.39. The fourth-order valence-corrected chi connectivity index (χ4v) is 4.10. The van der Waals surface area contributed by atoms with Crippen LogP contribution in [0.2, 0.25) is 0 Å². The van der Waals surface area contributed by atoms with E-state index in [0.29, 0.717) is 36.4 Å². The summed E-state index contributed by atoms with van der Waals surface area (Å²) in [6.07, 6.45) is -0.0202. The van der Waals surface area contributed by atoms with Crippen molar-refractivity contribution in [2.24, 2.45) is 0 Å². The lowest BCUT2D eigenvalue weighted by atomic mass is 9.90. The molecule has 31 heavy (non-hydrogen) atoms. The number of anilines is 1. The first-order valence-corrected chi connectivity index (χ1v) is 10.4. The zero-order valence-electron chi connectivity index (χ0n) is 17.4. The van der Waals surface area contributed by atoms with Crippen molar-refractivity contribution in [1.82, 2.24) is 5.32 Å². The van der Waals surface area contributed by atoms with Crippen molar-refractivity contribution in [2.75, 3.05) is 31.7 Å². The van der Waals surface area contributed by atoms with E-state index in [4.69, 9.17) is 9.47 Å². The van der Waals surface area contributed by atoms with Gasteiger partial charge in [0.05, 0.1) is 25.4 Å². The van der Waals surface area contributed by atoms with E-state index in [1.165, 1.54) is 17.0 Å². The maximum absolute atomic E-state index is 14.9. The number of hydrogen-bond acceptors (Lipinski definition) is 6. The second-order valence-corrected chi connectivity index (χ2v) is 8.06. The van der Waals surface area contributed by atoms with Gasteiger partial charge in [0.1, 0.15) is 29.5 Å². The first kappa shape index (κ1) is 21.5. The Balaban J connectivity index is 1.59. The number of amides is 1.